The van der Waals surface area contributed by atoms with E-state index < -0.39 is 11.8 Å². The molecule has 11 heteroatoms. The first kappa shape index (κ1) is 25.8. The van der Waals surface area contributed by atoms with E-state index in [1.54, 1.807) is 55.8 Å². The first-order valence-electron chi connectivity index (χ1n) is 11.6. The minimum absolute atomic E-state index is 0.160. The van der Waals surface area contributed by atoms with Crippen LogP contribution >= 0.6 is 22.9 Å². The molecule has 8 nitrogen and oxygen atoms in total. The maximum atomic E-state index is 15.3. The van der Waals surface area contributed by atoms with Gasteiger partial charge in [-0.1, -0.05) is 29.8 Å². The van der Waals surface area contributed by atoms with Gasteiger partial charge in [0.2, 0.25) is 5.88 Å². The number of carbonyl (C=O) groups is 1. The van der Waals surface area contributed by atoms with Crippen LogP contribution in [0.15, 0.2) is 60.8 Å². The summed E-state index contributed by atoms with van der Waals surface area (Å²) in [7, 11) is 1.59. The first-order valence-corrected chi connectivity index (χ1v) is 12.8. The van der Waals surface area contributed by atoms with Crippen molar-refractivity contribution in [2.75, 3.05) is 13.7 Å². The zero-order chi connectivity index (χ0) is 26.6. The van der Waals surface area contributed by atoms with Gasteiger partial charge >= 0.3 is 5.97 Å². The molecule has 0 fully saturated rings. The second-order valence-corrected chi connectivity index (χ2v) is 10.1. The van der Waals surface area contributed by atoms with Crippen LogP contribution in [0, 0.1) is 5.82 Å². The number of hydrogen-bond acceptors (Lipinski definition) is 7. The maximum absolute atomic E-state index is 15.3. The van der Waals surface area contributed by atoms with Crippen molar-refractivity contribution in [3.05, 3.63) is 92.9 Å². The largest absolute Gasteiger partial charge is 0.478 e. The van der Waals surface area contributed by atoms with E-state index >= 15 is 4.39 Å². The van der Waals surface area contributed by atoms with Gasteiger partial charge in [-0.2, -0.15) is 0 Å². The van der Waals surface area contributed by atoms with Gasteiger partial charge in [-0.25, -0.2) is 24.1 Å². The zero-order valence-corrected chi connectivity index (χ0v) is 21.8. The van der Waals surface area contributed by atoms with Crippen molar-refractivity contribution in [3.8, 4) is 17.1 Å². The summed E-state index contributed by atoms with van der Waals surface area (Å²) in [5.41, 5.74) is 3.09. The normalized spacial score (nSPS) is 11.2. The number of aromatic carboxylic acids is 1. The van der Waals surface area contributed by atoms with Crippen LogP contribution in [-0.2, 0) is 24.3 Å². The van der Waals surface area contributed by atoms with Gasteiger partial charge in [0.05, 0.1) is 35.1 Å². The summed E-state index contributed by atoms with van der Waals surface area (Å²) in [5.74, 6) is -0.414. The molecule has 0 aliphatic heterocycles. The van der Waals surface area contributed by atoms with Gasteiger partial charge < -0.3 is 19.1 Å². The number of fused-ring (bicyclic) bond motifs is 1. The van der Waals surface area contributed by atoms with E-state index in [0.29, 0.717) is 57.0 Å². The van der Waals surface area contributed by atoms with E-state index in [2.05, 4.69) is 15.0 Å². The molecule has 2 aromatic carbocycles. The first-order chi connectivity index (χ1) is 18.4. The van der Waals surface area contributed by atoms with E-state index in [1.165, 1.54) is 23.5 Å². The van der Waals surface area contributed by atoms with Crippen LogP contribution in [0.2, 0.25) is 4.34 Å². The molecule has 0 unspecified atom stereocenters. The Kier molecular flexibility index (Phi) is 7.64. The Morgan fingerprint density at radius 3 is 2.76 bits per heavy atom. The summed E-state index contributed by atoms with van der Waals surface area (Å²) in [4.78, 5) is 24.8. The Labute approximate surface area is 226 Å². The van der Waals surface area contributed by atoms with E-state index in [4.69, 9.17) is 21.1 Å². The number of halogens is 2. The van der Waals surface area contributed by atoms with Crippen molar-refractivity contribution in [1.29, 1.82) is 0 Å². The topological polar surface area (TPSA) is 99.4 Å². The highest BCUT2D eigenvalue weighted by Gasteiger charge is 2.16. The van der Waals surface area contributed by atoms with Gasteiger partial charge in [-0.3, -0.25) is 0 Å². The zero-order valence-electron chi connectivity index (χ0n) is 20.2. The number of thiazole rings is 1. The Hall–Kier alpha value is -3.86. The molecular formula is C27H22ClFN4O4S. The quantitative estimate of drug-likeness (QED) is 0.231. The molecule has 3 heterocycles. The van der Waals surface area contributed by atoms with Crippen LogP contribution in [-0.4, -0.2) is 44.3 Å². The highest BCUT2D eigenvalue weighted by Crippen LogP contribution is 2.26. The summed E-state index contributed by atoms with van der Waals surface area (Å²) in [6.07, 6.45) is 1.79. The van der Waals surface area contributed by atoms with Crippen LogP contribution in [0.3, 0.4) is 0 Å². The number of rotatable bonds is 10. The molecule has 0 saturated heterocycles. The lowest BCUT2D eigenvalue weighted by Crippen LogP contribution is -2.10. The molecular weight excluding hydrogens is 531 g/mol. The molecule has 0 amide bonds. The van der Waals surface area contributed by atoms with E-state index in [0.717, 1.165) is 5.01 Å². The molecule has 38 heavy (non-hydrogen) atoms. The third-order valence-corrected chi connectivity index (χ3v) is 6.97. The molecule has 0 spiro atoms. The molecule has 1 N–H and O–H groups in total. The second-order valence-electron chi connectivity index (χ2n) is 8.37. The molecule has 0 bridgehead atoms. The molecule has 194 valence electrons. The maximum Gasteiger partial charge on any atom is 0.335 e. The molecule has 0 saturated carbocycles. The molecule has 0 aliphatic rings. The van der Waals surface area contributed by atoms with Crippen molar-refractivity contribution in [2.45, 2.75) is 19.6 Å². The van der Waals surface area contributed by atoms with Gasteiger partial charge in [0, 0.05) is 31.7 Å². The fourth-order valence-corrected chi connectivity index (χ4v) is 4.91. The molecule has 3 aromatic heterocycles. The number of imidazole rings is 1. The van der Waals surface area contributed by atoms with Gasteiger partial charge in [0.25, 0.3) is 0 Å². The summed E-state index contributed by atoms with van der Waals surface area (Å²) >= 11 is 7.24. The summed E-state index contributed by atoms with van der Waals surface area (Å²) < 4.78 is 28.7. The van der Waals surface area contributed by atoms with Gasteiger partial charge in [0.15, 0.2) is 0 Å². The third kappa shape index (κ3) is 5.67. The second kappa shape index (κ2) is 11.3. The smallest absolute Gasteiger partial charge is 0.335 e. The lowest BCUT2D eigenvalue weighted by atomic mass is 10.1. The van der Waals surface area contributed by atoms with Crippen molar-refractivity contribution in [3.63, 3.8) is 0 Å². The van der Waals surface area contributed by atoms with Crippen LogP contribution in [0.1, 0.15) is 26.8 Å². The van der Waals surface area contributed by atoms with Crippen molar-refractivity contribution in [1.82, 2.24) is 19.5 Å². The predicted octanol–water partition coefficient (Wildman–Crippen LogP) is 5.86. The summed E-state index contributed by atoms with van der Waals surface area (Å²) in [6, 6.07) is 15.0. The van der Waals surface area contributed by atoms with Gasteiger partial charge in [0.1, 0.15) is 27.6 Å². The van der Waals surface area contributed by atoms with Gasteiger partial charge in [-0.05, 0) is 35.9 Å². The molecule has 5 rings (SSSR count). The van der Waals surface area contributed by atoms with Crippen LogP contribution in [0.4, 0.5) is 4.39 Å². The number of carboxylic acids is 1. The number of benzene rings is 2. The number of ether oxygens (including phenoxy) is 2. The lowest BCUT2D eigenvalue weighted by Gasteiger charge is -2.11. The highest BCUT2D eigenvalue weighted by molar-refractivity contribution is 7.15. The monoisotopic (exact) mass is 552 g/mol. The molecule has 0 atom stereocenters. The van der Waals surface area contributed by atoms with E-state index in [1.807, 2.05) is 4.57 Å². The fourth-order valence-electron chi connectivity index (χ4n) is 4.04. The van der Waals surface area contributed by atoms with E-state index in [9.17, 15) is 9.90 Å². The Bertz CT molecular complexity index is 1620. The molecule has 5 aromatic rings. The van der Waals surface area contributed by atoms with Gasteiger partial charge in [-0.15, -0.1) is 11.3 Å². The third-order valence-electron chi connectivity index (χ3n) is 5.88. The van der Waals surface area contributed by atoms with Crippen molar-refractivity contribution < 1.29 is 23.8 Å². The predicted molar refractivity (Wildman–Crippen MR) is 142 cm³/mol. The number of hydrogen-bond donors (Lipinski definition) is 1. The average molecular weight is 553 g/mol. The number of nitrogens with zero attached hydrogens (tertiary/aromatic N) is 4. The van der Waals surface area contributed by atoms with Crippen LogP contribution < -0.4 is 4.74 Å². The molecule has 0 aliphatic carbocycles. The summed E-state index contributed by atoms with van der Waals surface area (Å²) in [5, 5.41) is 10.1. The molecule has 0 radical (unpaired) electrons. The number of aromatic nitrogens is 4. The Morgan fingerprint density at radius 2 is 2.03 bits per heavy atom. The Balaban J connectivity index is 1.38. The van der Waals surface area contributed by atoms with Crippen molar-refractivity contribution in [2.24, 2.45) is 0 Å². The minimum Gasteiger partial charge on any atom is -0.478 e. The number of methoxy groups -OCH3 is 1. The average Bonchev–Trinajstić information content (AvgIpc) is 3.49. The fraction of sp³-hybridized carbons (Fsp3) is 0.185. The van der Waals surface area contributed by atoms with Crippen molar-refractivity contribution >= 4 is 39.9 Å². The summed E-state index contributed by atoms with van der Waals surface area (Å²) in [6.45, 7) is 1.09. The van der Waals surface area contributed by atoms with Crippen LogP contribution in [0.25, 0.3) is 22.3 Å². The SMILES string of the molecule is COCCn1c(Cc2ccc(-c3cccc(OCc4ncc(Cl)s4)n3)cc2F)nc2ccc(C(=O)O)cc21. The van der Waals surface area contributed by atoms with E-state index in [-0.39, 0.29) is 18.6 Å². The Morgan fingerprint density at radius 1 is 1.16 bits per heavy atom. The number of carboxylic acid groups (broad SMARTS) is 1. The highest BCUT2D eigenvalue weighted by atomic mass is 35.5. The number of pyridine rings is 1. The standard InChI is InChI=1S/C27H22ClFN4O4S/c1-36-10-9-33-22-12-18(27(34)35)7-8-21(22)31-24(33)13-16-5-6-17(11-19(16)29)20-3-2-4-25(32-20)37-15-26-30-14-23(28)38-26/h2-8,11-12,14H,9-10,13,15H2,1H3,(H,34,35). The lowest BCUT2D eigenvalue weighted by molar-refractivity contribution is 0.0697. The van der Waals surface area contributed by atoms with Crippen LogP contribution in [0.5, 0.6) is 5.88 Å². The minimum atomic E-state index is -1.02.